The maximum Gasteiger partial charge on any atom is 2.00 e. The standard InChI is InChI=1S/C35H34N4O5.Mg/c1-8-19-15(3)22-12-24-17(5)21(10-11-28(40)41)32(38-24)30-31(35(43)44-7)34(42)29-18(6)25(39-33(29)30)14-27-20(9-2)16(4)23(37-27)13-26(19)36-22;/h8,10-14,28,31,34,40-42H,1,9H2,2-7H3;/q-2;+2/b11-10+,22-12?,23-13?,24-12?,25-14?,26-13?,27-14?,32-30?;/t31-,34?;/m1./s1. The zero-order valence-electron chi connectivity index (χ0n) is 26.3. The number of ether oxygens (including phenoxy) is 1. The molecule has 3 aliphatic rings. The molecule has 0 saturated heterocycles. The number of aliphatic hydroxyl groups excluding tert-OH is 2. The van der Waals surface area contributed by atoms with Crippen LogP contribution in [0.4, 0.5) is 0 Å². The van der Waals surface area contributed by atoms with Gasteiger partial charge in [-0.2, -0.15) is 0 Å². The van der Waals surface area contributed by atoms with E-state index in [0.717, 1.165) is 56.6 Å². The number of nitrogens with zero attached hydrogens (tertiary/aromatic N) is 4. The van der Waals surface area contributed by atoms with Gasteiger partial charge < -0.3 is 30.0 Å². The smallest absolute Gasteiger partial charge is 0.657 e. The van der Waals surface area contributed by atoms with Gasteiger partial charge in [0.2, 0.25) is 0 Å². The first kappa shape index (κ1) is 32.6. The van der Waals surface area contributed by atoms with Crippen molar-refractivity contribution in [2.24, 2.45) is 0 Å². The van der Waals surface area contributed by atoms with Gasteiger partial charge in [-0.25, -0.2) is 9.97 Å². The van der Waals surface area contributed by atoms with Crippen molar-refractivity contribution in [3.05, 3.63) is 87.5 Å². The summed E-state index contributed by atoms with van der Waals surface area (Å²) in [5.41, 5.74) is 12.0. The second-order valence-corrected chi connectivity index (χ2v) is 11.3. The molecule has 0 amide bonds. The Kier molecular flexibility index (Phi) is 8.82. The Labute approximate surface area is 277 Å². The van der Waals surface area contributed by atoms with Crippen LogP contribution in [-0.2, 0) is 16.0 Å². The van der Waals surface area contributed by atoms with Crippen LogP contribution in [0.5, 0.6) is 0 Å². The summed E-state index contributed by atoms with van der Waals surface area (Å²) < 4.78 is 5.15. The van der Waals surface area contributed by atoms with E-state index in [2.05, 4.69) is 20.4 Å². The Morgan fingerprint density at radius 3 is 2.29 bits per heavy atom. The molecule has 0 fully saturated rings. The van der Waals surface area contributed by atoms with Gasteiger partial charge >= 0.3 is 29.0 Å². The van der Waals surface area contributed by atoms with Gasteiger partial charge in [0.15, 0.2) is 6.29 Å². The van der Waals surface area contributed by atoms with Crippen LogP contribution in [-0.4, -0.2) is 73.8 Å². The Balaban J connectivity index is 0.00000400. The first-order chi connectivity index (χ1) is 21.0. The molecule has 8 bridgehead atoms. The molecule has 0 saturated carbocycles. The zero-order chi connectivity index (χ0) is 31.6. The van der Waals surface area contributed by atoms with Gasteiger partial charge in [-0.05, 0) is 62.5 Å². The van der Waals surface area contributed by atoms with Gasteiger partial charge in [-0.15, -0.1) is 22.1 Å². The maximum atomic E-state index is 13.2. The molecule has 1 unspecified atom stereocenters. The second kappa shape index (κ2) is 12.2. The molecule has 0 spiro atoms. The molecule has 3 aromatic rings. The number of rotatable bonds is 5. The van der Waals surface area contributed by atoms with Crippen LogP contribution in [0.3, 0.4) is 0 Å². The average Bonchev–Trinajstić information content (AvgIpc) is 3.72. The third kappa shape index (κ3) is 5.10. The van der Waals surface area contributed by atoms with Crippen molar-refractivity contribution in [1.82, 2.24) is 19.9 Å². The minimum atomic E-state index is -1.71. The van der Waals surface area contributed by atoms with Gasteiger partial charge in [0.1, 0.15) is 5.92 Å². The van der Waals surface area contributed by atoms with Gasteiger partial charge in [-0.3, -0.25) is 4.79 Å². The number of esters is 1. The van der Waals surface area contributed by atoms with E-state index in [1.165, 1.54) is 13.2 Å². The molecular formula is C35H34MgN4O5. The van der Waals surface area contributed by atoms with Crippen LogP contribution in [0.15, 0.2) is 36.9 Å². The zero-order valence-corrected chi connectivity index (χ0v) is 27.7. The largest absolute Gasteiger partial charge is 2.00 e. The summed E-state index contributed by atoms with van der Waals surface area (Å²) in [7, 11) is 1.28. The minimum Gasteiger partial charge on any atom is -0.657 e. The molecule has 5 heterocycles. The summed E-state index contributed by atoms with van der Waals surface area (Å²) in [4.78, 5) is 33.2. The van der Waals surface area contributed by atoms with E-state index in [1.807, 2.05) is 39.0 Å². The summed E-state index contributed by atoms with van der Waals surface area (Å²) in [6.07, 6.45) is 2.41. The summed E-state index contributed by atoms with van der Waals surface area (Å²) in [5, 5.41) is 31.0. The van der Waals surface area contributed by atoms with Gasteiger partial charge in [-0.1, -0.05) is 60.5 Å². The Morgan fingerprint density at radius 1 is 1.00 bits per heavy atom. The van der Waals surface area contributed by atoms with Crippen molar-refractivity contribution >= 4 is 79.5 Å². The summed E-state index contributed by atoms with van der Waals surface area (Å²) >= 11 is 0. The number of aliphatic hydroxyl groups is 3. The van der Waals surface area contributed by atoms with Crippen LogP contribution in [0.1, 0.15) is 77.3 Å². The number of aromatic nitrogens is 4. The molecule has 1 aliphatic carbocycles. The van der Waals surface area contributed by atoms with E-state index < -0.39 is 24.3 Å². The molecule has 9 nitrogen and oxygen atoms in total. The van der Waals surface area contributed by atoms with Gasteiger partial charge in [0.25, 0.3) is 0 Å². The van der Waals surface area contributed by atoms with Crippen LogP contribution in [0.2, 0.25) is 0 Å². The molecule has 10 heteroatoms. The second-order valence-electron chi connectivity index (χ2n) is 11.3. The number of fused-ring (bicyclic) bond motifs is 8. The summed E-state index contributed by atoms with van der Waals surface area (Å²) in [6.45, 7) is 13.9. The number of hydrogen-bond acceptors (Lipinski definition) is 7. The van der Waals surface area contributed by atoms with Crippen LogP contribution in [0, 0.1) is 13.8 Å². The number of allylic oxidation sites excluding steroid dienone is 4. The fourth-order valence-electron chi connectivity index (χ4n) is 6.54. The fraction of sp³-hybridized carbons (Fsp3) is 0.286. The molecule has 3 N–H and O–H groups in total. The Hall–Kier alpha value is -3.80. The molecule has 226 valence electrons. The molecular weight excluding hydrogens is 581 g/mol. The van der Waals surface area contributed by atoms with Crippen LogP contribution < -0.4 is 9.97 Å². The van der Waals surface area contributed by atoms with Crippen molar-refractivity contribution in [1.29, 1.82) is 0 Å². The fourth-order valence-corrected chi connectivity index (χ4v) is 6.54. The normalized spacial score (nSPS) is 17.5. The third-order valence-corrected chi connectivity index (χ3v) is 8.94. The number of carbonyl (C=O) groups is 1. The van der Waals surface area contributed by atoms with Crippen molar-refractivity contribution in [3.63, 3.8) is 0 Å². The third-order valence-electron chi connectivity index (χ3n) is 8.94. The SMILES string of the molecule is C=CC1=C(C)c2cc3[n-]c(c(/C=C/C(O)O)c3C)c3c4nc(cc5[n-]c(cc1n2)c(C)c5CC)C(C)=C4C(O)[C@@H]3C(=O)OC.[Mg+2]. The number of carbonyl (C=O) groups excluding carboxylic acids is 1. The predicted octanol–water partition coefficient (Wildman–Crippen LogP) is 4.37. The monoisotopic (exact) mass is 614 g/mol. The molecule has 45 heavy (non-hydrogen) atoms. The van der Waals surface area contributed by atoms with Gasteiger partial charge in [0, 0.05) is 11.1 Å². The molecule has 3 aromatic heterocycles. The number of hydrogen-bond donors (Lipinski definition) is 3. The van der Waals surface area contributed by atoms with E-state index in [4.69, 9.17) is 24.7 Å². The minimum absolute atomic E-state index is 0. The van der Waals surface area contributed by atoms with E-state index in [9.17, 15) is 20.1 Å². The van der Waals surface area contributed by atoms with Crippen LogP contribution in [0.25, 0.3) is 50.4 Å². The Morgan fingerprint density at radius 2 is 1.64 bits per heavy atom. The summed E-state index contributed by atoms with van der Waals surface area (Å²) in [5.74, 6) is -1.70. The first-order valence-electron chi connectivity index (χ1n) is 14.5. The molecule has 2 atom stereocenters. The van der Waals surface area contributed by atoms with E-state index in [-0.39, 0.29) is 23.1 Å². The average molecular weight is 615 g/mol. The Bertz CT molecular complexity index is 2030. The molecule has 6 rings (SSSR count). The van der Waals surface area contributed by atoms with E-state index in [0.29, 0.717) is 44.8 Å². The van der Waals surface area contributed by atoms with E-state index >= 15 is 0 Å². The number of methoxy groups -OCH3 is 1. The summed E-state index contributed by atoms with van der Waals surface area (Å²) in [6, 6.07) is 5.78. The predicted molar refractivity (Wildman–Crippen MR) is 177 cm³/mol. The van der Waals surface area contributed by atoms with Crippen molar-refractivity contribution in [2.45, 2.75) is 59.4 Å². The number of aryl methyl sites for hydroxylation is 3. The molecule has 0 aromatic carbocycles. The van der Waals surface area contributed by atoms with E-state index in [1.54, 1.807) is 12.2 Å². The van der Waals surface area contributed by atoms with Crippen molar-refractivity contribution < 1.29 is 24.9 Å². The van der Waals surface area contributed by atoms with Gasteiger partial charge in [0.05, 0.1) is 36.0 Å². The first-order valence-corrected chi connectivity index (χ1v) is 14.5. The topological polar surface area (TPSA) is 141 Å². The maximum absolute atomic E-state index is 13.2. The van der Waals surface area contributed by atoms with Crippen LogP contribution >= 0.6 is 0 Å². The van der Waals surface area contributed by atoms with Crippen molar-refractivity contribution in [2.75, 3.05) is 7.11 Å². The van der Waals surface area contributed by atoms with Crippen molar-refractivity contribution in [3.8, 4) is 0 Å². The quantitative estimate of drug-likeness (QED) is 0.217. The molecule has 2 aliphatic heterocycles. The molecule has 0 radical (unpaired) electrons.